The van der Waals surface area contributed by atoms with E-state index in [2.05, 4.69) is 10.3 Å². The van der Waals surface area contributed by atoms with Crippen molar-refractivity contribution in [3.63, 3.8) is 0 Å². The lowest BCUT2D eigenvalue weighted by molar-refractivity contribution is 0.0514. The Morgan fingerprint density at radius 3 is 3.24 bits per heavy atom. The van der Waals surface area contributed by atoms with E-state index >= 15 is 0 Å². The van der Waals surface area contributed by atoms with Crippen molar-refractivity contribution in [2.75, 3.05) is 19.8 Å². The van der Waals surface area contributed by atoms with Gasteiger partial charge in [-0.1, -0.05) is 0 Å². The fraction of sp³-hybridized carbons (Fsp3) is 0.667. The number of aromatic nitrogens is 1. The van der Waals surface area contributed by atoms with E-state index < -0.39 is 0 Å². The molecular weight excluding hydrogens is 236 g/mol. The molecule has 1 atom stereocenters. The molecule has 0 aliphatic carbocycles. The number of nitrogens with zero attached hydrogens (tertiary/aromatic N) is 1. The maximum atomic E-state index is 11.7. The standard InChI is InChI=1S/C12H18N2O2S/c1-9-14-11(8-17-9)12(15)13-5-4-10-3-2-6-16-7-10/h8,10H,2-7H2,1H3,(H,13,15). The number of ether oxygens (including phenoxy) is 1. The van der Waals surface area contributed by atoms with Crippen molar-refractivity contribution >= 4 is 17.2 Å². The van der Waals surface area contributed by atoms with E-state index in [1.165, 1.54) is 17.8 Å². The number of rotatable bonds is 4. The smallest absolute Gasteiger partial charge is 0.270 e. The zero-order chi connectivity index (χ0) is 12.1. The van der Waals surface area contributed by atoms with Crippen molar-refractivity contribution in [2.45, 2.75) is 26.2 Å². The summed E-state index contributed by atoms with van der Waals surface area (Å²) < 4.78 is 5.40. The fourth-order valence-corrected chi connectivity index (χ4v) is 2.58. The summed E-state index contributed by atoms with van der Waals surface area (Å²) in [7, 11) is 0. The van der Waals surface area contributed by atoms with Crippen LogP contribution in [0.25, 0.3) is 0 Å². The maximum absolute atomic E-state index is 11.7. The van der Waals surface area contributed by atoms with E-state index in [4.69, 9.17) is 4.74 Å². The molecule has 1 amide bonds. The average molecular weight is 254 g/mol. The van der Waals surface area contributed by atoms with Crippen molar-refractivity contribution in [2.24, 2.45) is 5.92 Å². The second-order valence-corrected chi connectivity index (χ2v) is 5.44. The van der Waals surface area contributed by atoms with Gasteiger partial charge in [-0.25, -0.2) is 4.98 Å². The summed E-state index contributed by atoms with van der Waals surface area (Å²) in [6.07, 6.45) is 3.35. The summed E-state index contributed by atoms with van der Waals surface area (Å²) in [6.45, 7) is 4.34. The number of hydrogen-bond donors (Lipinski definition) is 1. The van der Waals surface area contributed by atoms with Crippen LogP contribution in [0.4, 0.5) is 0 Å². The van der Waals surface area contributed by atoms with Gasteiger partial charge in [-0.05, 0) is 32.1 Å². The van der Waals surface area contributed by atoms with Gasteiger partial charge in [0, 0.05) is 25.1 Å². The van der Waals surface area contributed by atoms with Gasteiger partial charge >= 0.3 is 0 Å². The summed E-state index contributed by atoms with van der Waals surface area (Å²) in [5.41, 5.74) is 0.535. The Morgan fingerprint density at radius 2 is 2.59 bits per heavy atom. The van der Waals surface area contributed by atoms with Crippen LogP contribution in [0.1, 0.15) is 34.8 Å². The van der Waals surface area contributed by atoms with Gasteiger partial charge in [0.15, 0.2) is 0 Å². The van der Waals surface area contributed by atoms with Gasteiger partial charge < -0.3 is 10.1 Å². The van der Waals surface area contributed by atoms with E-state index in [9.17, 15) is 4.79 Å². The summed E-state index contributed by atoms with van der Waals surface area (Å²) in [4.78, 5) is 15.9. The third-order valence-electron chi connectivity index (χ3n) is 2.94. The highest BCUT2D eigenvalue weighted by molar-refractivity contribution is 7.09. The number of carbonyl (C=O) groups excluding carboxylic acids is 1. The fourth-order valence-electron chi connectivity index (χ4n) is 1.98. The number of hydrogen-bond acceptors (Lipinski definition) is 4. The van der Waals surface area contributed by atoms with Crippen LogP contribution >= 0.6 is 11.3 Å². The van der Waals surface area contributed by atoms with Crippen LogP contribution in [-0.2, 0) is 4.74 Å². The first-order valence-corrected chi connectivity index (χ1v) is 6.92. The molecule has 1 N–H and O–H groups in total. The lowest BCUT2D eigenvalue weighted by Crippen LogP contribution is -2.28. The Labute approximate surface area is 105 Å². The predicted octanol–water partition coefficient (Wildman–Crippen LogP) is 2.00. The summed E-state index contributed by atoms with van der Waals surface area (Å²) >= 11 is 1.50. The van der Waals surface area contributed by atoms with E-state index in [1.807, 2.05) is 6.92 Å². The molecule has 17 heavy (non-hydrogen) atoms. The van der Waals surface area contributed by atoms with Crippen molar-refractivity contribution in [3.8, 4) is 0 Å². The molecule has 2 rings (SSSR count). The zero-order valence-corrected chi connectivity index (χ0v) is 10.9. The second kappa shape index (κ2) is 6.12. The Hall–Kier alpha value is -0.940. The molecular formula is C12H18N2O2S. The SMILES string of the molecule is Cc1nc(C(=O)NCCC2CCCOC2)cs1. The van der Waals surface area contributed by atoms with Crippen molar-refractivity contribution in [1.82, 2.24) is 10.3 Å². The third-order valence-corrected chi connectivity index (χ3v) is 3.72. The van der Waals surface area contributed by atoms with E-state index in [0.717, 1.165) is 31.1 Å². The van der Waals surface area contributed by atoms with Crippen molar-refractivity contribution in [3.05, 3.63) is 16.1 Å². The first kappa shape index (κ1) is 12.5. The Balaban J connectivity index is 1.69. The van der Waals surface area contributed by atoms with Crippen molar-refractivity contribution in [1.29, 1.82) is 0 Å². The highest BCUT2D eigenvalue weighted by Gasteiger charge is 2.14. The van der Waals surface area contributed by atoms with Crippen LogP contribution in [0.5, 0.6) is 0 Å². The number of thiazole rings is 1. The minimum Gasteiger partial charge on any atom is -0.381 e. The molecule has 1 fully saturated rings. The highest BCUT2D eigenvalue weighted by atomic mass is 32.1. The van der Waals surface area contributed by atoms with Gasteiger partial charge in [0.1, 0.15) is 5.69 Å². The van der Waals surface area contributed by atoms with E-state index in [-0.39, 0.29) is 5.91 Å². The van der Waals surface area contributed by atoms with Crippen LogP contribution in [0.15, 0.2) is 5.38 Å². The summed E-state index contributed by atoms with van der Waals surface area (Å²) in [5.74, 6) is 0.535. The lowest BCUT2D eigenvalue weighted by Gasteiger charge is -2.21. The lowest BCUT2D eigenvalue weighted by atomic mass is 9.99. The molecule has 0 saturated carbocycles. The molecule has 1 aromatic rings. The molecule has 1 aliphatic rings. The first-order valence-electron chi connectivity index (χ1n) is 6.04. The molecule has 4 nitrogen and oxygen atoms in total. The largest absolute Gasteiger partial charge is 0.381 e. The molecule has 5 heteroatoms. The van der Waals surface area contributed by atoms with Crippen LogP contribution in [0, 0.1) is 12.8 Å². The van der Waals surface area contributed by atoms with Crippen LogP contribution < -0.4 is 5.32 Å². The van der Waals surface area contributed by atoms with Gasteiger partial charge in [0.25, 0.3) is 5.91 Å². The second-order valence-electron chi connectivity index (χ2n) is 4.38. The molecule has 1 saturated heterocycles. The molecule has 0 bridgehead atoms. The minimum atomic E-state index is -0.0638. The molecule has 0 radical (unpaired) electrons. The van der Waals surface area contributed by atoms with Crippen LogP contribution in [0.2, 0.25) is 0 Å². The predicted molar refractivity (Wildman–Crippen MR) is 67.3 cm³/mol. The monoisotopic (exact) mass is 254 g/mol. The van der Waals surface area contributed by atoms with Gasteiger partial charge in [-0.2, -0.15) is 0 Å². The Kier molecular flexibility index (Phi) is 4.50. The summed E-state index contributed by atoms with van der Waals surface area (Å²) in [6, 6.07) is 0. The number of nitrogens with one attached hydrogen (secondary N) is 1. The van der Waals surface area contributed by atoms with Gasteiger partial charge in [-0.3, -0.25) is 4.79 Å². The topological polar surface area (TPSA) is 51.2 Å². The Morgan fingerprint density at radius 1 is 1.71 bits per heavy atom. The molecule has 94 valence electrons. The van der Waals surface area contributed by atoms with Gasteiger partial charge in [0.05, 0.1) is 5.01 Å². The number of carbonyl (C=O) groups is 1. The molecule has 1 aliphatic heterocycles. The molecule has 0 spiro atoms. The van der Waals surface area contributed by atoms with Crippen LogP contribution in [0.3, 0.4) is 0 Å². The van der Waals surface area contributed by atoms with E-state index in [1.54, 1.807) is 5.38 Å². The zero-order valence-electron chi connectivity index (χ0n) is 10.1. The van der Waals surface area contributed by atoms with Gasteiger partial charge in [-0.15, -0.1) is 11.3 Å². The third kappa shape index (κ3) is 3.78. The maximum Gasteiger partial charge on any atom is 0.270 e. The molecule has 1 unspecified atom stereocenters. The highest BCUT2D eigenvalue weighted by Crippen LogP contribution is 2.16. The minimum absolute atomic E-state index is 0.0638. The quantitative estimate of drug-likeness (QED) is 0.894. The molecule has 0 aromatic carbocycles. The van der Waals surface area contributed by atoms with Crippen molar-refractivity contribution < 1.29 is 9.53 Å². The first-order chi connectivity index (χ1) is 8.25. The average Bonchev–Trinajstić information content (AvgIpc) is 2.77. The summed E-state index contributed by atoms with van der Waals surface area (Å²) in [5, 5.41) is 5.64. The Bertz CT molecular complexity index is 372. The number of amides is 1. The molecule has 1 aromatic heterocycles. The van der Waals surface area contributed by atoms with E-state index in [0.29, 0.717) is 18.2 Å². The van der Waals surface area contributed by atoms with Crippen LogP contribution in [-0.4, -0.2) is 30.6 Å². The normalized spacial score (nSPS) is 20.2. The number of aryl methyl sites for hydroxylation is 1. The molecule has 2 heterocycles. The van der Waals surface area contributed by atoms with Gasteiger partial charge in [0.2, 0.25) is 0 Å².